The molecule has 2 heterocycles. The number of carbonyl (C=O) groups is 2. The summed E-state index contributed by atoms with van der Waals surface area (Å²) < 4.78 is 7.77. The van der Waals surface area contributed by atoms with E-state index in [0.717, 1.165) is 34.4 Å². The van der Waals surface area contributed by atoms with Crippen LogP contribution in [0.15, 0.2) is 71.6 Å². The monoisotopic (exact) mass is 418 g/mol. The largest absolute Gasteiger partial charge is 0.492 e. The SMILES string of the molecule is Cc1cc(/C=C2\SC(=O)N(CCOc3ccccc3)C2=O)c(C)n1-c1ccccc1. The molecule has 1 aromatic heterocycles. The van der Waals surface area contributed by atoms with E-state index in [1.54, 1.807) is 0 Å². The minimum absolute atomic E-state index is 0.222. The molecule has 0 bridgehead atoms. The summed E-state index contributed by atoms with van der Waals surface area (Å²) in [6, 6.07) is 21.5. The predicted octanol–water partition coefficient (Wildman–Crippen LogP) is 5.21. The van der Waals surface area contributed by atoms with Gasteiger partial charge in [-0.3, -0.25) is 14.5 Å². The lowest BCUT2D eigenvalue weighted by molar-refractivity contribution is -0.123. The summed E-state index contributed by atoms with van der Waals surface area (Å²) in [5.74, 6) is 0.444. The Hall–Kier alpha value is -3.25. The summed E-state index contributed by atoms with van der Waals surface area (Å²) in [6.45, 7) is 4.53. The molecule has 4 rings (SSSR count). The van der Waals surface area contributed by atoms with E-state index in [0.29, 0.717) is 10.7 Å². The summed E-state index contributed by atoms with van der Waals surface area (Å²) in [7, 11) is 0. The maximum atomic E-state index is 12.8. The maximum absolute atomic E-state index is 12.8. The molecule has 0 unspecified atom stereocenters. The van der Waals surface area contributed by atoms with E-state index in [1.165, 1.54) is 4.90 Å². The van der Waals surface area contributed by atoms with Crippen molar-refractivity contribution >= 4 is 29.0 Å². The van der Waals surface area contributed by atoms with Gasteiger partial charge in [-0.25, -0.2) is 0 Å². The van der Waals surface area contributed by atoms with Crippen molar-refractivity contribution in [3.8, 4) is 11.4 Å². The van der Waals surface area contributed by atoms with Crippen LogP contribution in [0.4, 0.5) is 4.79 Å². The van der Waals surface area contributed by atoms with Gasteiger partial charge in [-0.05, 0) is 67.6 Å². The average Bonchev–Trinajstić information content (AvgIpc) is 3.18. The summed E-state index contributed by atoms with van der Waals surface area (Å²) in [5, 5.41) is -0.264. The number of hydrogen-bond acceptors (Lipinski definition) is 4. The average molecular weight is 419 g/mol. The van der Waals surface area contributed by atoms with Crippen LogP contribution in [0.5, 0.6) is 5.75 Å². The second-order valence-corrected chi connectivity index (χ2v) is 7.99. The fourth-order valence-corrected chi connectivity index (χ4v) is 4.37. The normalized spacial score (nSPS) is 15.3. The topological polar surface area (TPSA) is 51.5 Å². The smallest absolute Gasteiger partial charge is 0.293 e. The van der Waals surface area contributed by atoms with E-state index >= 15 is 0 Å². The van der Waals surface area contributed by atoms with E-state index in [-0.39, 0.29) is 24.3 Å². The highest BCUT2D eigenvalue weighted by Gasteiger charge is 2.35. The second kappa shape index (κ2) is 8.63. The molecule has 0 saturated carbocycles. The Morgan fingerprint density at radius 3 is 2.33 bits per heavy atom. The second-order valence-electron chi connectivity index (χ2n) is 6.99. The first-order valence-corrected chi connectivity index (χ1v) is 10.5. The minimum atomic E-state index is -0.272. The van der Waals surface area contributed by atoms with Crippen LogP contribution in [0.1, 0.15) is 17.0 Å². The molecule has 2 amide bonds. The van der Waals surface area contributed by atoms with Crippen LogP contribution in [-0.2, 0) is 4.79 Å². The Bertz CT molecular complexity index is 1100. The lowest BCUT2D eigenvalue weighted by Crippen LogP contribution is -2.32. The van der Waals surface area contributed by atoms with Crippen LogP contribution in [0.3, 0.4) is 0 Å². The molecule has 1 fully saturated rings. The summed E-state index contributed by atoms with van der Waals surface area (Å²) in [4.78, 5) is 26.8. The highest BCUT2D eigenvalue weighted by atomic mass is 32.2. The van der Waals surface area contributed by atoms with Crippen molar-refractivity contribution in [2.75, 3.05) is 13.2 Å². The number of amides is 2. The molecule has 0 N–H and O–H groups in total. The Labute approximate surface area is 180 Å². The van der Waals surface area contributed by atoms with Crippen molar-refractivity contribution < 1.29 is 14.3 Å². The van der Waals surface area contributed by atoms with E-state index in [4.69, 9.17) is 4.74 Å². The fourth-order valence-electron chi connectivity index (χ4n) is 3.51. The highest BCUT2D eigenvalue weighted by molar-refractivity contribution is 8.18. The standard InChI is InChI=1S/C24H22N2O3S/c1-17-15-19(18(2)26(17)20-9-5-3-6-10-20)16-22-23(27)25(24(28)30-22)13-14-29-21-11-7-4-8-12-21/h3-12,15-16H,13-14H2,1-2H3/b22-16-. The molecule has 0 aliphatic carbocycles. The zero-order valence-electron chi connectivity index (χ0n) is 16.9. The third-order valence-corrected chi connectivity index (χ3v) is 5.88. The molecular formula is C24H22N2O3S. The van der Waals surface area contributed by atoms with Crippen LogP contribution in [0.25, 0.3) is 11.8 Å². The van der Waals surface area contributed by atoms with Crippen molar-refractivity contribution in [3.05, 3.63) is 88.6 Å². The number of thioether (sulfide) groups is 1. The van der Waals surface area contributed by atoms with Crippen LogP contribution in [-0.4, -0.2) is 33.8 Å². The Balaban J connectivity index is 1.50. The number of rotatable bonds is 6. The van der Waals surface area contributed by atoms with Crippen molar-refractivity contribution in [2.24, 2.45) is 0 Å². The molecule has 2 aromatic carbocycles. The molecule has 3 aromatic rings. The number of aryl methyl sites for hydroxylation is 1. The van der Waals surface area contributed by atoms with Gasteiger partial charge in [0.05, 0.1) is 11.4 Å². The fraction of sp³-hybridized carbons (Fsp3) is 0.167. The van der Waals surface area contributed by atoms with Gasteiger partial charge in [-0.1, -0.05) is 36.4 Å². The van der Waals surface area contributed by atoms with Gasteiger partial charge in [0.2, 0.25) is 0 Å². The number of hydrogen-bond donors (Lipinski definition) is 0. The first kappa shape index (κ1) is 20.0. The van der Waals surface area contributed by atoms with Crippen LogP contribution < -0.4 is 4.74 Å². The van der Waals surface area contributed by atoms with E-state index in [9.17, 15) is 9.59 Å². The molecule has 5 nitrogen and oxygen atoms in total. The zero-order chi connectivity index (χ0) is 21.1. The molecule has 1 saturated heterocycles. The molecule has 0 radical (unpaired) electrons. The van der Waals surface area contributed by atoms with Crippen molar-refractivity contribution in [1.29, 1.82) is 0 Å². The Morgan fingerprint density at radius 1 is 0.967 bits per heavy atom. The quantitative estimate of drug-likeness (QED) is 0.516. The maximum Gasteiger partial charge on any atom is 0.293 e. The summed E-state index contributed by atoms with van der Waals surface area (Å²) >= 11 is 0.976. The van der Waals surface area contributed by atoms with E-state index < -0.39 is 0 Å². The molecule has 0 spiro atoms. The van der Waals surface area contributed by atoms with Crippen molar-refractivity contribution in [3.63, 3.8) is 0 Å². The number of ether oxygens (including phenoxy) is 1. The van der Waals surface area contributed by atoms with Crippen LogP contribution in [0.2, 0.25) is 0 Å². The van der Waals surface area contributed by atoms with Gasteiger partial charge in [-0.15, -0.1) is 0 Å². The summed E-state index contributed by atoms with van der Waals surface area (Å²) in [6.07, 6.45) is 1.81. The number of imide groups is 1. The number of benzene rings is 2. The van der Waals surface area contributed by atoms with Gasteiger partial charge in [0.1, 0.15) is 12.4 Å². The number of aromatic nitrogens is 1. The van der Waals surface area contributed by atoms with Gasteiger partial charge >= 0.3 is 0 Å². The molecule has 0 atom stereocenters. The highest BCUT2D eigenvalue weighted by Crippen LogP contribution is 2.33. The molecule has 1 aliphatic rings. The number of carbonyl (C=O) groups excluding carboxylic acids is 2. The molecule has 152 valence electrons. The van der Waals surface area contributed by atoms with Gasteiger partial charge in [0, 0.05) is 17.1 Å². The number of para-hydroxylation sites is 2. The molecule has 6 heteroatoms. The molecule has 30 heavy (non-hydrogen) atoms. The van der Waals surface area contributed by atoms with E-state index in [1.807, 2.05) is 86.7 Å². The van der Waals surface area contributed by atoms with Gasteiger partial charge in [0.25, 0.3) is 11.1 Å². The van der Waals surface area contributed by atoms with Gasteiger partial charge in [-0.2, -0.15) is 0 Å². The predicted molar refractivity (Wildman–Crippen MR) is 120 cm³/mol. The molecular weight excluding hydrogens is 396 g/mol. The van der Waals surface area contributed by atoms with Crippen LogP contribution in [0, 0.1) is 13.8 Å². The van der Waals surface area contributed by atoms with E-state index in [2.05, 4.69) is 4.57 Å². The zero-order valence-corrected chi connectivity index (χ0v) is 17.7. The molecule has 1 aliphatic heterocycles. The van der Waals surface area contributed by atoms with Crippen LogP contribution >= 0.6 is 11.8 Å². The third-order valence-electron chi connectivity index (χ3n) is 4.97. The van der Waals surface area contributed by atoms with Crippen molar-refractivity contribution in [2.45, 2.75) is 13.8 Å². The Morgan fingerprint density at radius 2 is 1.63 bits per heavy atom. The lowest BCUT2D eigenvalue weighted by Gasteiger charge is -2.13. The Kier molecular flexibility index (Phi) is 5.77. The lowest BCUT2D eigenvalue weighted by atomic mass is 10.2. The first-order valence-electron chi connectivity index (χ1n) is 9.72. The van der Waals surface area contributed by atoms with Crippen molar-refractivity contribution in [1.82, 2.24) is 9.47 Å². The van der Waals surface area contributed by atoms with Gasteiger partial charge < -0.3 is 9.30 Å². The third kappa shape index (κ3) is 4.04. The minimum Gasteiger partial charge on any atom is -0.492 e. The summed E-state index contributed by atoms with van der Waals surface area (Å²) in [5.41, 5.74) is 4.10. The first-order chi connectivity index (χ1) is 14.5. The van der Waals surface area contributed by atoms with Gasteiger partial charge in [0.15, 0.2) is 0 Å². The number of nitrogens with zero attached hydrogens (tertiary/aromatic N) is 2.